The van der Waals surface area contributed by atoms with E-state index in [9.17, 15) is 13.2 Å². The van der Waals surface area contributed by atoms with Crippen LogP contribution in [0.15, 0.2) is 71.6 Å². The van der Waals surface area contributed by atoms with Gasteiger partial charge in [-0.3, -0.25) is 4.79 Å². The molecule has 0 heterocycles. The minimum atomic E-state index is -4.08. The number of carbonyl (C=O) groups is 1. The van der Waals surface area contributed by atoms with Crippen LogP contribution in [0.1, 0.15) is 5.56 Å². The molecule has 0 spiro atoms. The molecule has 1 amide bonds. The average molecular weight is 509 g/mol. The second kappa shape index (κ2) is 10.9. The summed E-state index contributed by atoms with van der Waals surface area (Å²) < 4.78 is 38.8. The second-order valence-corrected chi connectivity index (χ2v) is 9.53. The van der Waals surface area contributed by atoms with Gasteiger partial charge in [0.1, 0.15) is 17.5 Å². The molecule has 174 valence electrons. The fourth-order valence-electron chi connectivity index (χ4n) is 3.08. The molecule has 0 aliphatic carbocycles. The number of carbonyl (C=O) groups excluding carboxylic acids is 1. The Bertz CT molecular complexity index is 1240. The number of rotatable bonds is 9. The van der Waals surface area contributed by atoms with Crippen LogP contribution in [0.4, 0.5) is 5.69 Å². The van der Waals surface area contributed by atoms with Gasteiger partial charge in [0.15, 0.2) is 0 Å². The van der Waals surface area contributed by atoms with E-state index < -0.39 is 22.0 Å². The number of nitrogens with one attached hydrogen (secondary N) is 2. The van der Waals surface area contributed by atoms with Crippen LogP contribution in [-0.4, -0.2) is 34.6 Å². The molecule has 1 atom stereocenters. The maximum Gasteiger partial charge on any atom is 0.242 e. The topological polar surface area (TPSA) is 93.7 Å². The third-order valence-electron chi connectivity index (χ3n) is 4.75. The van der Waals surface area contributed by atoms with Crippen molar-refractivity contribution in [2.24, 2.45) is 0 Å². The van der Waals surface area contributed by atoms with Crippen molar-refractivity contribution in [1.29, 1.82) is 0 Å². The molecular formula is C23H22Cl2N2O5S. The van der Waals surface area contributed by atoms with Crippen molar-refractivity contribution in [1.82, 2.24) is 4.72 Å². The summed E-state index contributed by atoms with van der Waals surface area (Å²) in [7, 11) is -1.17. The zero-order valence-electron chi connectivity index (χ0n) is 17.8. The van der Waals surface area contributed by atoms with Crippen LogP contribution in [0.3, 0.4) is 0 Å². The van der Waals surface area contributed by atoms with Crippen LogP contribution in [0, 0.1) is 0 Å². The van der Waals surface area contributed by atoms with Crippen molar-refractivity contribution < 1.29 is 22.7 Å². The first-order valence-electron chi connectivity index (χ1n) is 9.77. The number of amides is 1. The van der Waals surface area contributed by atoms with Gasteiger partial charge in [0, 0.05) is 5.69 Å². The molecule has 0 unspecified atom stereocenters. The van der Waals surface area contributed by atoms with Crippen molar-refractivity contribution in [3.8, 4) is 11.5 Å². The van der Waals surface area contributed by atoms with Crippen molar-refractivity contribution in [3.63, 3.8) is 0 Å². The number of anilines is 1. The lowest BCUT2D eigenvalue weighted by Gasteiger charge is -2.19. The highest BCUT2D eigenvalue weighted by Gasteiger charge is 2.27. The molecule has 10 heteroatoms. The van der Waals surface area contributed by atoms with E-state index in [2.05, 4.69) is 10.0 Å². The van der Waals surface area contributed by atoms with Crippen LogP contribution in [-0.2, 0) is 21.2 Å². The molecule has 0 fully saturated rings. The standard InChI is InChI=1S/C23H22Cl2N2O5S/c1-31-21-10-8-16(13-18(21)24)26-23(28)20(12-15-6-4-3-5-7-15)27-33(29,30)17-9-11-22(32-2)19(25)14-17/h3-11,13-14,20,27H,12H2,1-2H3,(H,26,28)/t20-/m1/s1. The molecule has 0 saturated carbocycles. The molecule has 0 aliphatic rings. The summed E-state index contributed by atoms with van der Waals surface area (Å²) in [5.74, 6) is 0.237. The predicted octanol–water partition coefficient (Wildman–Crippen LogP) is 4.54. The van der Waals surface area contributed by atoms with Gasteiger partial charge in [-0.25, -0.2) is 8.42 Å². The fraction of sp³-hybridized carbons (Fsp3) is 0.174. The van der Waals surface area contributed by atoms with Gasteiger partial charge in [0.2, 0.25) is 15.9 Å². The summed E-state index contributed by atoms with van der Waals surface area (Å²) in [4.78, 5) is 13.0. The maximum absolute atomic E-state index is 13.1. The number of sulfonamides is 1. The predicted molar refractivity (Wildman–Crippen MR) is 129 cm³/mol. The first-order valence-corrected chi connectivity index (χ1v) is 12.0. The Labute approximate surface area is 202 Å². The summed E-state index contributed by atoms with van der Waals surface area (Å²) in [5, 5.41) is 3.15. The van der Waals surface area contributed by atoms with Gasteiger partial charge in [0.25, 0.3) is 0 Å². The molecule has 0 radical (unpaired) electrons. The Balaban J connectivity index is 1.88. The van der Waals surface area contributed by atoms with Crippen LogP contribution < -0.4 is 19.5 Å². The number of methoxy groups -OCH3 is 2. The van der Waals surface area contributed by atoms with E-state index in [1.807, 2.05) is 30.3 Å². The van der Waals surface area contributed by atoms with Gasteiger partial charge in [-0.2, -0.15) is 4.72 Å². The summed E-state index contributed by atoms with van der Waals surface area (Å²) in [5.41, 5.74) is 1.18. The Morgan fingerprint density at radius 2 is 1.52 bits per heavy atom. The van der Waals surface area contributed by atoms with Crippen LogP contribution in [0.2, 0.25) is 10.0 Å². The molecule has 3 aromatic carbocycles. The van der Waals surface area contributed by atoms with Crippen LogP contribution in [0.25, 0.3) is 0 Å². The van der Waals surface area contributed by atoms with Gasteiger partial charge in [-0.1, -0.05) is 53.5 Å². The fourth-order valence-corrected chi connectivity index (χ4v) is 4.88. The van der Waals surface area contributed by atoms with E-state index in [1.54, 1.807) is 12.1 Å². The molecule has 0 aromatic heterocycles. The largest absolute Gasteiger partial charge is 0.495 e. The van der Waals surface area contributed by atoms with Gasteiger partial charge in [-0.05, 0) is 48.4 Å². The molecule has 2 N–H and O–H groups in total. The molecule has 3 aromatic rings. The SMILES string of the molecule is COc1ccc(NC(=O)[C@@H](Cc2ccccc2)NS(=O)(=O)c2ccc(OC)c(Cl)c2)cc1Cl. The molecule has 3 rings (SSSR count). The number of benzene rings is 3. The van der Waals surface area contributed by atoms with Crippen LogP contribution >= 0.6 is 23.2 Å². The Morgan fingerprint density at radius 1 is 0.909 bits per heavy atom. The van der Waals surface area contributed by atoms with E-state index in [4.69, 9.17) is 32.7 Å². The summed E-state index contributed by atoms with van der Waals surface area (Å²) in [6.07, 6.45) is 0.125. The maximum atomic E-state index is 13.1. The number of halogens is 2. The third kappa shape index (κ3) is 6.39. The van der Waals surface area contributed by atoms with E-state index in [1.165, 1.54) is 38.5 Å². The normalized spacial score (nSPS) is 12.1. The van der Waals surface area contributed by atoms with E-state index in [0.717, 1.165) is 5.56 Å². The summed E-state index contributed by atoms with van der Waals surface area (Å²) >= 11 is 12.2. The van der Waals surface area contributed by atoms with Gasteiger partial charge in [0.05, 0.1) is 29.2 Å². The van der Waals surface area contributed by atoms with Gasteiger partial charge < -0.3 is 14.8 Å². The van der Waals surface area contributed by atoms with Crippen molar-refractivity contribution >= 4 is 44.8 Å². The Hall–Kier alpha value is -2.78. The minimum Gasteiger partial charge on any atom is -0.495 e. The number of hydrogen-bond donors (Lipinski definition) is 2. The lowest BCUT2D eigenvalue weighted by atomic mass is 10.1. The molecule has 0 aliphatic heterocycles. The van der Waals surface area contributed by atoms with Gasteiger partial charge in [-0.15, -0.1) is 0 Å². The summed E-state index contributed by atoms with van der Waals surface area (Å²) in [6, 6.07) is 16.8. The van der Waals surface area contributed by atoms with Crippen molar-refractivity contribution in [2.45, 2.75) is 17.4 Å². The van der Waals surface area contributed by atoms with Crippen molar-refractivity contribution in [3.05, 3.63) is 82.3 Å². The Morgan fingerprint density at radius 3 is 2.09 bits per heavy atom. The smallest absolute Gasteiger partial charge is 0.242 e. The minimum absolute atomic E-state index is 0.0911. The summed E-state index contributed by atoms with van der Waals surface area (Å²) in [6.45, 7) is 0. The van der Waals surface area contributed by atoms with E-state index in [-0.39, 0.29) is 16.3 Å². The first-order chi connectivity index (χ1) is 15.7. The lowest BCUT2D eigenvalue weighted by molar-refractivity contribution is -0.117. The monoisotopic (exact) mass is 508 g/mol. The lowest BCUT2D eigenvalue weighted by Crippen LogP contribution is -2.45. The molecule has 33 heavy (non-hydrogen) atoms. The quantitative estimate of drug-likeness (QED) is 0.442. The first kappa shape index (κ1) is 24.9. The van der Waals surface area contributed by atoms with Crippen molar-refractivity contribution in [2.75, 3.05) is 19.5 Å². The molecule has 0 saturated heterocycles. The highest BCUT2D eigenvalue weighted by Crippen LogP contribution is 2.28. The number of ether oxygens (including phenoxy) is 2. The van der Waals surface area contributed by atoms with Gasteiger partial charge >= 0.3 is 0 Å². The number of hydrogen-bond acceptors (Lipinski definition) is 5. The molecule has 0 bridgehead atoms. The average Bonchev–Trinajstić information content (AvgIpc) is 2.79. The highest BCUT2D eigenvalue weighted by molar-refractivity contribution is 7.89. The third-order valence-corrected chi connectivity index (χ3v) is 6.81. The second-order valence-electron chi connectivity index (χ2n) is 7.00. The van der Waals surface area contributed by atoms with E-state index >= 15 is 0 Å². The molecular weight excluding hydrogens is 487 g/mol. The van der Waals surface area contributed by atoms with E-state index in [0.29, 0.717) is 22.2 Å². The molecule has 7 nitrogen and oxygen atoms in total. The zero-order valence-corrected chi connectivity index (χ0v) is 20.2. The Kier molecular flexibility index (Phi) is 8.20. The van der Waals surface area contributed by atoms with Crippen LogP contribution in [0.5, 0.6) is 11.5 Å². The zero-order chi connectivity index (χ0) is 24.0. The highest BCUT2D eigenvalue weighted by atomic mass is 35.5.